The van der Waals surface area contributed by atoms with Crippen molar-refractivity contribution >= 4 is 11.6 Å². The van der Waals surface area contributed by atoms with E-state index in [2.05, 4.69) is 21.0 Å². The summed E-state index contributed by atoms with van der Waals surface area (Å²) in [5.41, 5.74) is 0. The molecule has 0 aromatic heterocycles. The molecular weight excluding hydrogens is 266 g/mol. The normalized spacial score (nSPS) is 12.0. The van der Waals surface area contributed by atoms with E-state index in [1.807, 2.05) is 0 Å². The maximum Gasteiger partial charge on any atom is 0.0782 e. The zero-order valence-electron chi connectivity index (χ0n) is 14.4. The average molecular weight is 305 g/mol. The van der Waals surface area contributed by atoms with Crippen LogP contribution in [0.4, 0.5) is 0 Å². The Kier molecular flexibility index (Phi) is 14.4. The second kappa shape index (κ2) is 14.2. The van der Waals surface area contributed by atoms with Gasteiger partial charge in [0.1, 0.15) is 0 Å². The maximum absolute atomic E-state index is 5.70. The Morgan fingerprint density at radius 3 is 1.45 bits per heavy atom. The predicted octanol–water partition coefficient (Wildman–Crippen LogP) is 6.00. The van der Waals surface area contributed by atoms with Crippen LogP contribution < -0.4 is 0 Å². The lowest BCUT2D eigenvalue weighted by atomic mass is 10.1. The minimum absolute atomic E-state index is 0.830. The van der Waals surface area contributed by atoms with E-state index in [0.717, 1.165) is 5.88 Å². The van der Waals surface area contributed by atoms with Crippen LogP contribution in [0.5, 0.6) is 0 Å². The van der Waals surface area contributed by atoms with Gasteiger partial charge in [0.15, 0.2) is 0 Å². The predicted molar refractivity (Wildman–Crippen MR) is 93.6 cm³/mol. The lowest BCUT2D eigenvalue weighted by Crippen LogP contribution is -2.41. The summed E-state index contributed by atoms with van der Waals surface area (Å²) in [6.07, 6.45) is 16.6. The minimum Gasteiger partial charge on any atom is -0.328 e. The summed E-state index contributed by atoms with van der Waals surface area (Å²) in [4.78, 5) is 0. The van der Waals surface area contributed by atoms with Crippen molar-refractivity contribution < 1.29 is 4.48 Å². The number of quaternary nitrogens is 1. The smallest absolute Gasteiger partial charge is 0.0782 e. The first-order valence-corrected chi connectivity index (χ1v) is 9.54. The van der Waals surface area contributed by atoms with Gasteiger partial charge in [-0.25, -0.2) is 0 Å². The Labute approximate surface area is 133 Å². The van der Waals surface area contributed by atoms with E-state index in [1.54, 1.807) is 0 Å². The molecule has 0 aliphatic carbocycles. The minimum atomic E-state index is 0.830. The number of rotatable bonds is 15. The molecule has 0 aromatic rings. The molecule has 0 fully saturated rings. The van der Waals surface area contributed by atoms with Gasteiger partial charge in [0, 0.05) is 5.88 Å². The number of halogens is 1. The van der Waals surface area contributed by atoms with Gasteiger partial charge >= 0.3 is 0 Å². The molecule has 0 unspecified atom stereocenters. The van der Waals surface area contributed by atoms with Gasteiger partial charge in [-0.2, -0.15) is 0 Å². The highest BCUT2D eigenvalue weighted by atomic mass is 35.5. The molecule has 1 nitrogen and oxygen atoms in total. The molecule has 20 heavy (non-hydrogen) atoms. The molecule has 0 aliphatic heterocycles. The molecule has 0 heterocycles. The molecule has 0 bridgehead atoms. The standard InChI is InChI=1S/C18H39ClN/c1-4-5-6-7-8-9-11-14-17-20(2,3)18-15-12-10-13-16-19/h4-18H2,1-3H3/q+1. The van der Waals surface area contributed by atoms with Crippen LogP contribution in [0.3, 0.4) is 0 Å². The first-order chi connectivity index (χ1) is 9.62. The third-order valence-electron chi connectivity index (χ3n) is 4.26. The summed E-state index contributed by atoms with van der Waals surface area (Å²) in [6.45, 7) is 4.97. The second-order valence-corrected chi connectivity index (χ2v) is 7.34. The van der Waals surface area contributed by atoms with Crippen molar-refractivity contribution in [3.05, 3.63) is 0 Å². The van der Waals surface area contributed by atoms with Crippen molar-refractivity contribution in [1.82, 2.24) is 0 Å². The summed E-state index contributed by atoms with van der Waals surface area (Å²) < 4.78 is 1.21. The van der Waals surface area contributed by atoms with Crippen LogP contribution in [-0.2, 0) is 0 Å². The molecule has 0 spiro atoms. The lowest BCUT2D eigenvalue weighted by Gasteiger charge is -2.30. The lowest BCUT2D eigenvalue weighted by molar-refractivity contribution is -0.890. The summed E-state index contributed by atoms with van der Waals surface area (Å²) in [7, 11) is 4.78. The zero-order chi connectivity index (χ0) is 15.1. The molecule has 0 saturated heterocycles. The van der Waals surface area contributed by atoms with E-state index in [-0.39, 0.29) is 0 Å². The van der Waals surface area contributed by atoms with Crippen molar-refractivity contribution in [1.29, 1.82) is 0 Å². The Balaban J connectivity index is 3.33. The average Bonchev–Trinajstić information content (AvgIpc) is 2.41. The first-order valence-electron chi connectivity index (χ1n) is 9.00. The number of hydrogen-bond acceptors (Lipinski definition) is 0. The first kappa shape index (κ1) is 20.2. The summed E-state index contributed by atoms with van der Waals surface area (Å²) >= 11 is 5.70. The maximum atomic E-state index is 5.70. The number of unbranched alkanes of at least 4 members (excludes halogenated alkanes) is 10. The van der Waals surface area contributed by atoms with E-state index >= 15 is 0 Å². The fourth-order valence-corrected chi connectivity index (χ4v) is 2.96. The summed E-state index contributed by atoms with van der Waals surface area (Å²) in [6, 6.07) is 0. The molecule has 0 atom stereocenters. The van der Waals surface area contributed by atoms with Gasteiger partial charge in [-0.1, -0.05) is 51.9 Å². The van der Waals surface area contributed by atoms with Crippen LogP contribution in [0.2, 0.25) is 0 Å². The highest BCUT2D eigenvalue weighted by molar-refractivity contribution is 6.17. The fourth-order valence-electron chi connectivity index (χ4n) is 2.77. The van der Waals surface area contributed by atoms with Gasteiger partial charge in [0.05, 0.1) is 27.2 Å². The van der Waals surface area contributed by atoms with E-state index in [1.165, 1.54) is 94.6 Å². The van der Waals surface area contributed by atoms with Crippen LogP contribution in [0, 0.1) is 0 Å². The molecule has 2 heteroatoms. The highest BCUT2D eigenvalue weighted by Crippen LogP contribution is 2.11. The third-order valence-corrected chi connectivity index (χ3v) is 4.53. The van der Waals surface area contributed by atoms with Crippen molar-refractivity contribution in [2.75, 3.05) is 33.1 Å². The van der Waals surface area contributed by atoms with Gasteiger partial charge in [-0.3, -0.25) is 0 Å². The Morgan fingerprint density at radius 1 is 0.600 bits per heavy atom. The molecule has 0 aliphatic rings. The van der Waals surface area contributed by atoms with Gasteiger partial charge in [0.2, 0.25) is 0 Å². The fraction of sp³-hybridized carbons (Fsp3) is 1.00. The van der Waals surface area contributed by atoms with Crippen molar-refractivity contribution in [2.45, 2.75) is 84.0 Å². The van der Waals surface area contributed by atoms with Crippen LogP contribution >= 0.6 is 11.6 Å². The van der Waals surface area contributed by atoms with Gasteiger partial charge in [-0.05, 0) is 32.1 Å². The summed E-state index contributed by atoms with van der Waals surface area (Å²) in [5.74, 6) is 0.830. The van der Waals surface area contributed by atoms with Crippen LogP contribution in [-0.4, -0.2) is 37.5 Å². The monoisotopic (exact) mass is 304 g/mol. The van der Waals surface area contributed by atoms with E-state index in [0.29, 0.717) is 0 Å². The second-order valence-electron chi connectivity index (χ2n) is 6.96. The Bertz CT molecular complexity index is 192. The van der Waals surface area contributed by atoms with E-state index in [4.69, 9.17) is 11.6 Å². The molecule has 0 radical (unpaired) electrons. The molecule has 0 amide bonds. The van der Waals surface area contributed by atoms with Crippen LogP contribution in [0.1, 0.15) is 84.0 Å². The molecule has 0 rings (SSSR count). The van der Waals surface area contributed by atoms with Crippen LogP contribution in [0.15, 0.2) is 0 Å². The number of alkyl halides is 1. The molecular formula is C18H39ClN+. The van der Waals surface area contributed by atoms with Crippen molar-refractivity contribution in [2.24, 2.45) is 0 Å². The van der Waals surface area contributed by atoms with Crippen LogP contribution in [0.25, 0.3) is 0 Å². The molecule has 122 valence electrons. The topological polar surface area (TPSA) is 0 Å². The number of hydrogen-bond donors (Lipinski definition) is 0. The number of nitrogens with zero attached hydrogens (tertiary/aromatic N) is 1. The van der Waals surface area contributed by atoms with E-state index < -0.39 is 0 Å². The van der Waals surface area contributed by atoms with Gasteiger partial charge in [0.25, 0.3) is 0 Å². The molecule has 0 aromatic carbocycles. The quantitative estimate of drug-likeness (QED) is 0.198. The Morgan fingerprint density at radius 2 is 1.00 bits per heavy atom. The zero-order valence-corrected chi connectivity index (χ0v) is 15.2. The third kappa shape index (κ3) is 14.7. The van der Waals surface area contributed by atoms with Crippen molar-refractivity contribution in [3.63, 3.8) is 0 Å². The largest absolute Gasteiger partial charge is 0.328 e. The van der Waals surface area contributed by atoms with Gasteiger partial charge in [-0.15, -0.1) is 11.6 Å². The molecule has 0 saturated carbocycles. The van der Waals surface area contributed by atoms with E-state index in [9.17, 15) is 0 Å². The highest BCUT2D eigenvalue weighted by Gasteiger charge is 2.13. The van der Waals surface area contributed by atoms with Crippen molar-refractivity contribution in [3.8, 4) is 0 Å². The summed E-state index contributed by atoms with van der Waals surface area (Å²) in [5, 5.41) is 0. The SMILES string of the molecule is CCCCCCCCCC[N+](C)(C)CCCCCCCl. The Hall–Kier alpha value is 0.250. The van der Waals surface area contributed by atoms with Gasteiger partial charge < -0.3 is 4.48 Å². The molecule has 0 N–H and O–H groups in total.